The van der Waals surface area contributed by atoms with Crippen LogP contribution in [0.2, 0.25) is 0 Å². The molecule has 0 radical (unpaired) electrons. The standard InChI is InChI=1S/C12H10BrClO/c1-15-12-5-2-8-6-9(13)3-4-10(8)11(12)7-14/h2-6H,7H2,1H3/i1D3. The first-order valence-electron chi connectivity index (χ1n) is 5.87. The molecule has 2 rings (SSSR count). The van der Waals surface area contributed by atoms with Crippen LogP contribution in [0.15, 0.2) is 34.8 Å². The van der Waals surface area contributed by atoms with E-state index in [2.05, 4.69) is 15.9 Å². The summed E-state index contributed by atoms with van der Waals surface area (Å²) >= 11 is 9.30. The van der Waals surface area contributed by atoms with Crippen LogP contribution in [-0.4, -0.2) is 7.04 Å². The molecule has 2 aromatic carbocycles. The Kier molecular flexibility index (Phi) is 2.22. The van der Waals surface area contributed by atoms with Gasteiger partial charge < -0.3 is 4.74 Å². The van der Waals surface area contributed by atoms with Gasteiger partial charge in [0.1, 0.15) is 5.75 Å². The second-order valence-electron chi connectivity index (χ2n) is 3.14. The molecule has 0 saturated heterocycles. The van der Waals surface area contributed by atoms with Gasteiger partial charge in [0, 0.05) is 10.0 Å². The highest BCUT2D eigenvalue weighted by Gasteiger charge is 2.06. The summed E-state index contributed by atoms with van der Waals surface area (Å²) in [5, 5.41) is 1.88. The smallest absolute Gasteiger partial charge is 0.123 e. The van der Waals surface area contributed by atoms with E-state index < -0.39 is 7.04 Å². The topological polar surface area (TPSA) is 9.23 Å². The predicted octanol–water partition coefficient (Wildman–Crippen LogP) is 4.35. The summed E-state index contributed by atoms with van der Waals surface area (Å²) in [5.41, 5.74) is 0.692. The molecule has 0 fully saturated rings. The maximum atomic E-state index is 7.14. The SMILES string of the molecule is [2H]C([2H])([2H])Oc1ccc2cc(Br)ccc2c1CCl. The molecule has 0 heterocycles. The molecule has 0 aliphatic rings. The Morgan fingerprint density at radius 1 is 1.40 bits per heavy atom. The molecule has 0 N–H and O–H groups in total. The van der Waals surface area contributed by atoms with Gasteiger partial charge in [0.15, 0.2) is 0 Å². The van der Waals surface area contributed by atoms with Crippen molar-refractivity contribution < 1.29 is 8.85 Å². The van der Waals surface area contributed by atoms with Gasteiger partial charge in [0.2, 0.25) is 0 Å². The van der Waals surface area contributed by atoms with Gasteiger partial charge in [-0.2, -0.15) is 0 Å². The van der Waals surface area contributed by atoms with Crippen molar-refractivity contribution in [2.75, 3.05) is 7.04 Å². The zero-order valence-electron chi connectivity index (χ0n) is 10.8. The van der Waals surface area contributed by atoms with E-state index in [1.165, 1.54) is 0 Å². The highest BCUT2D eigenvalue weighted by Crippen LogP contribution is 2.30. The third-order valence-corrected chi connectivity index (χ3v) is 3.05. The van der Waals surface area contributed by atoms with E-state index in [1.54, 1.807) is 6.07 Å². The van der Waals surface area contributed by atoms with Crippen molar-refractivity contribution in [1.29, 1.82) is 0 Å². The van der Waals surface area contributed by atoms with Crippen LogP contribution in [0.25, 0.3) is 10.8 Å². The molecular weight excluding hydrogens is 275 g/mol. The van der Waals surface area contributed by atoms with Gasteiger partial charge in [-0.15, -0.1) is 11.6 Å². The minimum absolute atomic E-state index is 0.199. The minimum Gasteiger partial charge on any atom is -0.496 e. The molecule has 15 heavy (non-hydrogen) atoms. The molecule has 2 aromatic rings. The normalized spacial score (nSPS) is 14.4. The first-order chi connectivity index (χ1) is 8.40. The second kappa shape index (κ2) is 4.42. The summed E-state index contributed by atoms with van der Waals surface area (Å²) in [6.07, 6.45) is 0. The Bertz CT molecular complexity index is 583. The Hall–Kier alpha value is -0.730. The quantitative estimate of drug-likeness (QED) is 0.747. The molecule has 0 unspecified atom stereocenters. The van der Waals surface area contributed by atoms with Crippen molar-refractivity contribution in [3.63, 3.8) is 0 Å². The van der Waals surface area contributed by atoms with E-state index in [9.17, 15) is 0 Å². The Morgan fingerprint density at radius 2 is 2.27 bits per heavy atom. The third kappa shape index (κ3) is 1.97. The average Bonchev–Trinajstić information content (AvgIpc) is 2.27. The number of methoxy groups -OCH3 is 1. The highest BCUT2D eigenvalue weighted by atomic mass is 79.9. The number of alkyl halides is 1. The van der Waals surface area contributed by atoms with Crippen LogP contribution in [0.1, 0.15) is 9.68 Å². The van der Waals surface area contributed by atoms with Crippen LogP contribution in [0, 0.1) is 0 Å². The number of hydrogen-bond acceptors (Lipinski definition) is 1. The zero-order valence-corrected chi connectivity index (χ0v) is 10.1. The Balaban J connectivity index is 2.59. The van der Waals surface area contributed by atoms with Crippen molar-refractivity contribution in [1.82, 2.24) is 0 Å². The summed E-state index contributed by atoms with van der Waals surface area (Å²) in [6.45, 7) is 0. The van der Waals surface area contributed by atoms with Crippen molar-refractivity contribution in [2.45, 2.75) is 5.88 Å². The van der Waals surface area contributed by atoms with Crippen LogP contribution in [-0.2, 0) is 5.88 Å². The van der Waals surface area contributed by atoms with Gasteiger partial charge in [0.05, 0.1) is 17.0 Å². The summed E-state index contributed by atoms with van der Waals surface area (Å²) in [7, 11) is -2.47. The molecule has 0 amide bonds. The first kappa shape index (κ1) is 7.53. The predicted molar refractivity (Wildman–Crippen MR) is 67.8 cm³/mol. The van der Waals surface area contributed by atoms with E-state index >= 15 is 0 Å². The van der Waals surface area contributed by atoms with Crippen molar-refractivity contribution >= 4 is 38.3 Å². The van der Waals surface area contributed by atoms with Crippen LogP contribution < -0.4 is 4.74 Å². The number of benzene rings is 2. The lowest BCUT2D eigenvalue weighted by atomic mass is 10.0. The number of ether oxygens (including phenoxy) is 1. The summed E-state index contributed by atoms with van der Waals surface area (Å²) in [4.78, 5) is 0. The third-order valence-electron chi connectivity index (χ3n) is 2.29. The van der Waals surface area contributed by atoms with Crippen molar-refractivity contribution in [3.05, 3.63) is 40.4 Å². The van der Waals surface area contributed by atoms with Gasteiger partial charge in [-0.25, -0.2) is 0 Å². The second-order valence-corrected chi connectivity index (χ2v) is 4.33. The maximum absolute atomic E-state index is 7.14. The van der Waals surface area contributed by atoms with Crippen molar-refractivity contribution in [3.8, 4) is 5.75 Å². The molecule has 0 atom stereocenters. The van der Waals surface area contributed by atoms with Crippen molar-refractivity contribution in [2.24, 2.45) is 0 Å². The van der Waals surface area contributed by atoms with E-state index in [4.69, 9.17) is 20.5 Å². The van der Waals surface area contributed by atoms with E-state index in [0.29, 0.717) is 11.3 Å². The molecule has 1 nitrogen and oxygen atoms in total. The van der Waals surface area contributed by atoms with E-state index in [1.807, 2.05) is 24.3 Å². The molecule has 0 aliphatic carbocycles. The number of rotatable bonds is 2. The first-order valence-corrected chi connectivity index (χ1v) is 5.69. The molecule has 0 aliphatic heterocycles. The largest absolute Gasteiger partial charge is 0.496 e. The molecule has 3 heteroatoms. The van der Waals surface area contributed by atoms with Crippen LogP contribution in [0.3, 0.4) is 0 Å². The molecule has 78 valence electrons. The van der Waals surface area contributed by atoms with Crippen LogP contribution in [0.4, 0.5) is 0 Å². The molecule has 0 saturated carbocycles. The fourth-order valence-corrected chi connectivity index (χ4v) is 2.23. The number of fused-ring (bicyclic) bond motifs is 1. The number of hydrogen-bond donors (Lipinski definition) is 0. The monoisotopic (exact) mass is 287 g/mol. The van der Waals surface area contributed by atoms with Gasteiger partial charge in [-0.05, 0) is 29.0 Å². The van der Waals surface area contributed by atoms with Crippen LogP contribution in [0.5, 0.6) is 5.75 Å². The zero-order chi connectivity index (χ0) is 13.3. The summed E-state index contributed by atoms with van der Waals surface area (Å²) in [5.74, 6) is 0.504. The van der Waals surface area contributed by atoms with Gasteiger partial charge in [-0.1, -0.05) is 28.1 Å². The summed E-state index contributed by atoms with van der Waals surface area (Å²) < 4.78 is 27.4. The Morgan fingerprint density at radius 3 is 3.00 bits per heavy atom. The van der Waals surface area contributed by atoms with Crippen LogP contribution >= 0.6 is 27.5 Å². The minimum atomic E-state index is -2.47. The van der Waals surface area contributed by atoms with Gasteiger partial charge in [0.25, 0.3) is 0 Å². The lowest BCUT2D eigenvalue weighted by molar-refractivity contribution is 0.412. The lowest BCUT2D eigenvalue weighted by Gasteiger charge is -2.09. The maximum Gasteiger partial charge on any atom is 0.123 e. The Labute approximate surface area is 106 Å². The molecular formula is C12H10BrClO. The average molecular weight is 289 g/mol. The van der Waals surface area contributed by atoms with Gasteiger partial charge >= 0.3 is 0 Å². The molecule has 0 aromatic heterocycles. The number of halogens is 2. The lowest BCUT2D eigenvalue weighted by Crippen LogP contribution is -1.90. The highest BCUT2D eigenvalue weighted by molar-refractivity contribution is 9.10. The van der Waals surface area contributed by atoms with Gasteiger partial charge in [-0.3, -0.25) is 0 Å². The fraction of sp³-hybridized carbons (Fsp3) is 0.167. The molecule has 0 bridgehead atoms. The molecule has 0 spiro atoms. The van der Waals surface area contributed by atoms with E-state index in [0.717, 1.165) is 15.2 Å². The summed E-state index contributed by atoms with van der Waals surface area (Å²) in [6, 6.07) is 9.18. The van der Waals surface area contributed by atoms with E-state index in [-0.39, 0.29) is 5.88 Å². The fourth-order valence-electron chi connectivity index (χ4n) is 1.58.